The molecule has 6 aromatic carbocycles. The standard InChI is InChI=1S/C44H41NO2/c1-32-36(33-17-5-3-6-18-33)24-15-25-37(32)38-22-10-9-21-35(38)31-45(2)42-28-12-11-23-40(42)41-27-16-26-39(34-19-7-4-8-20-34)44(41)47-43-29-13-14-30-46-43/h3-12,15-28,43H,13-14,29-31H2,1-2H3. The maximum absolute atomic E-state index is 6.78. The van der Waals surface area contributed by atoms with Crippen LogP contribution in [0, 0.1) is 6.92 Å². The number of rotatable bonds is 9. The van der Waals surface area contributed by atoms with E-state index in [1.165, 1.54) is 33.4 Å². The summed E-state index contributed by atoms with van der Waals surface area (Å²) in [5.74, 6) is 0.875. The molecule has 1 fully saturated rings. The summed E-state index contributed by atoms with van der Waals surface area (Å²) in [6, 6.07) is 51.8. The number of hydrogen-bond donors (Lipinski definition) is 0. The average Bonchev–Trinajstić information content (AvgIpc) is 3.13. The fourth-order valence-electron chi connectivity index (χ4n) is 6.81. The Morgan fingerprint density at radius 1 is 0.574 bits per heavy atom. The SMILES string of the molecule is Cc1c(-c2ccccc2)cccc1-c1ccccc1CN(C)c1ccccc1-c1cccc(-c2ccccc2)c1OC1CCCCO1. The minimum atomic E-state index is -0.251. The fraction of sp³-hybridized carbons (Fsp3) is 0.182. The van der Waals surface area contributed by atoms with Gasteiger partial charge in [-0.3, -0.25) is 0 Å². The average molecular weight is 616 g/mol. The van der Waals surface area contributed by atoms with Gasteiger partial charge >= 0.3 is 0 Å². The lowest BCUT2D eigenvalue weighted by atomic mass is 9.90. The van der Waals surface area contributed by atoms with Crippen molar-refractivity contribution in [3.05, 3.63) is 157 Å². The van der Waals surface area contributed by atoms with E-state index in [4.69, 9.17) is 9.47 Å². The van der Waals surface area contributed by atoms with Crippen LogP contribution in [0.4, 0.5) is 5.69 Å². The van der Waals surface area contributed by atoms with E-state index in [1.807, 2.05) is 0 Å². The molecule has 234 valence electrons. The van der Waals surface area contributed by atoms with Crippen molar-refractivity contribution < 1.29 is 9.47 Å². The van der Waals surface area contributed by atoms with Gasteiger partial charge in [-0.25, -0.2) is 0 Å². The Bertz CT molecular complexity index is 1940. The number of nitrogens with zero attached hydrogens (tertiary/aromatic N) is 1. The van der Waals surface area contributed by atoms with Crippen molar-refractivity contribution in [2.24, 2.45) is 0 Å². The molecule has 0 N–H and O–H groups in total. The van der Waals surface area contributed by atoms with Gasteiger partial charge in [0.05, 0.1) is 6.61 Å². The molecular weight excluding hydrogens is 574 g/mol. The molecule has 0 aromatic heterocycles. The van der Waals surface area contributed by atoms with Crippen LogP contribution in [0.3, 0.4) is 0 Å². The van der Waals surface area contributed by atoms with Gasteiger partial charge in [0.25, 0.3) is 0 Å². The first-order valence-corrected chi connectivity index (χ1v) is 16.7. The molecule has 0 saturated carbocycles. The molecule has 47 heavy (non-hydrogen) atoms. The van der Waals surface area contributed by atoms with Crippen LogP contribution in [0.25, 0.3) is 44.5 Å². The van der Waals surface area contributed by atoms with Crippen molar-refractivity contribution in [1.82, 2.24) is 0 Å². The Kier molecular flexibility index (Phi) is 9.17. The third kappa shape index (κ3) is 6.58. The summed E-state index contributed by atoms with van der Waals surface area (Å²) < 4.78 is 12.9. The minimum absolute atomic E-state index is 0.251. The molecule has 6 aromatic rings. The predicted octanol–water partition coefficient (Wildman–Crippen LogP) is 11.2. The predicted molar refractivity (Wildman–Crippen MR) is 196 cm³/mol. The van der Waals surface area contributed by atoms with E-state index >= 15 is 0 Å². The molecule has 3 nitrogen and oxygen atoms in total. The summed E-state index contributed by atoms with van der Waals surface area (Å²) in [5.41, 5.74) is 13.2. The lowest BCUT2D eigenvalue weighted by Gasteiger charge is -2.28. The molecule has 0 radical (unpaired) electrons. The molecule has 1 aliphatic heterocycles. The summed E-state index contributed by atoms with van der Waals surface area (Å²) in [6.45, 7) is 3.73. The molecule has 1 unspecified atom stereocenters. The molecule has 7 rings (SSSR count). The molecule has 1 heterocycles. The third-order valence-corrected chi connectivity index (χ3v) is 9.23. The summed E-state index contributed by atoms with van der Waals surface area (Å²) >= 11 is 0. The molecule has 0 amide bonds. The molecule has 1 atom stereocenters. The van der Waals surface area contributed by atoms with Gasteiger partial charge in [0, 0.05) is 42.4 Å². The summed E-state index contributed by atoms with van der Waals surface area (Å²) in [6.07, 6.45) is 2.84. The smallest absolute Gasteiger partial charge is 0.199 e. The molecule has 1 saturated heterocycles. The van der Waals surface area contributed by atoms with E-state index in [0.717, 1.165) is 66.1 Å². The first-order chi connectivity index (χ1) is 23.2. The molecule has 3 heteroatoms. The number of benzene rings is 6. The number of ether oxygens (including phenoxy) is 2. The monoisotopic (exact) mass is 615 g/mol. The van der Waals surface area contributed by atoms with Crippen LogP contribution in [0.5, 0.6) is 5.75 Å². The Morgan fingerprint density at radius 3 is 1.87 bits per heavy atom. The molecule has 0 aliphatic carbocycles. The van der Waals surface area contributed by atoms with E-state index < -0.39 is 0 Å². The molecular formula is C44H41NO2. The Labute approximate surface area is 279 Å². The topological polar surface area (TPSA) is 21.7 Å². The van der Waals surface area contributed by atoms with Crippen LogP contribution >= 0.6 is 0 Å². The van der Waals surface area contributed by atoms with Gasteiger partial charge in [-0.05, 0) is 64.8 Å². The van der Waals surface area contributed by atoms with Crippen molar-refractivity contribution in [3.63, 3.8) is 0 Å². The fourth-order valence-corrected chi connectivity index (χ4v) is 6.81. The van der Waals surface area contributed by atoms with E-state index in [9.17, 15) is 0 Å². The Morgan fingerprint density at radius 2 is 1.15 bits per heavy atom. The second-order valence-corrected chi connectivity index (χ2v) is 12.3. The summed E-state index contributed by atoms with van der Waals surface area (Å²) in [5, 5.41) is 0. The number of anilines is 1. The third-order valence-electron chi connectivity index (χ3n) is 9.23. The molecule has 0 bridgehead atoms. The highest BCUT2D eigenvalue weighted by Crippen LogP contribution is 2.44. The lowest BCUT2D eigenvalue weighted by Crippen LogP contribution is -2.25. The van der Waals surface area contributed by atoms with Crippen molar-refractivity contribution in [3.8, 4) is 50.3 Å². The van der Waals surface area contributed by atoms with Crippen molar-refractivity contribution in [2.75, 3.05) is 18.6 Å². The van der Waals surface area contributed by atoms with Crippen LogP contribution in [-0.4, -0.2) is 19.9 Å². The zero-order chi connectivity index (χ0) is 32.0. The highest BCUT2D eigenvalue weighted by molar-refractivity contribution is 5.88. The first-order valence-electron chi connectivity index (χ1n) is 16.7. The highest BCUT2D eigenvalue weighted by Gasteiger charge is 2.23. The van der Waals surface area contributed by atoms with Crippen LogP contribution in [0.15, 0.2) is 146 Å². The van der Waals surface area contributed by atoms with Gasteiger partial charge in [-0.15, -0.1) is 0 Å². The van der Waals surface area contributed by atoms with Gasteiger partial charge in [0.15, 0.2) is 6.29 Å². The van der Waals surface area contributed by atoms with Crippen LogP contribution in [0.1, 0.15) is 30.4 Å². The van der Waals surface area contributed by atoms with Crippen LogP contribution in [-0.2, 0) is 11.3 Å². The largest absolute Gasteiger partial charge is 0.464 e. The van der Waals surface area contributed by atoms with Gasteiger partial charge in [-0.2, -0.15) is 0 Å². The Hall–Kier alpha value is -5.12. The van der Waals surface area contributed by atoms with Gasteiger partial charge in [0.2, 0.25) is 0 Å². The Balaban J connectivity index is 1.27. The molecule has 0 spiro atoms. The summed E-state index contributed by atoms with van der Waals surface area (Å²) in [7, 11) is 2.19. The van der Waals surface area contributed by atoms with Crippen LogP contribution in [0.2, 0.25) is 0 Å². The summed E-state index contributed by atoms with van der Waals surface area (Å²) in [4.78, 5) is 2.36. The second-order valence-electron chi connectivity index (χ2n) is 12.3. The van der Waals surface area contributed by atoms with Crippen molar-refractivity contribution >= 4 is 5.69 Å². The quantitative estimate of drug-likeness (QED) is 0.161. The van der Waals surface area contributed by atoms with Gasteiger partial charge in [-0.1, -0.05) is 140 Å². The lowest BCUT2D eigenvalue weighted by molar-refractivity contribution is -0.105. The van der Waals surface area contributed by atoms with Crippen molar-refractivity contribution in [1.29, 1.82) is 0 Å². The maximum Gasteiger partial charge on any atom is 0.199 e. The van der Waals surface area contributed by atoms with E-state index in [-0.39, 0.29) is 6.29 Å². The normalized spacial score (nSPS) is 14.5. The van der Waals surface area contributed by atoms with E-state index in [2.05, 4.69) is 164 Å². The maximum atomic E-state index is 6.78. The second kappa shape index (κ2) is 14.1. The highest BCUT2D eigenvalue weighted by atomic mass is 16.7. The van der Waals surface area contributed by atoms with Gasteiger partial charge < -0.3 is 14.4 Å². The first kappa shape index (κ1) is 30.5. The number of para-hydroxylation sites is 2. The minimum Gasteiger partial charge on any atom is -0.464 e. The van der Waals surface area contributed by atoms with E-state index in [1.54, 1.807) is 0 Å². The zero-order valence-electron chi connectivity index (χ0n) is 27.2. The van der Waals surface area contributed by atoms with Crippen molar-refractivity contribution in [2.45, 2.75) is 39.0 Å². The van der Waals surface area contributed by atoms with Crippen LogP contribution < -0.4 is 9.64 Å². The molecule has 1 aliphatic rings. The van der Waals surface area contributed by atoms with Gasteiger partial charge in [0.1, 0.15) is 5.75 Å². The zero-order valence-corrected chi connectivity index (χ0v) is 27.2. The van der Waals surface area contributed by atoms with E-state index in [0.29, 0.717) is 0 Å². The number of hydrogen-bond acceptors (Lipinski definition) is 3.